The van der Waals surface area contributed by atoms with Crippen molar-refractivity contribution in [1.82, 2.24) is 19.8 Å². The first-order valence-electron chi connectivity index (χ1n) is 9.75. The first-order valence-corrected chi connectivity index (χ1v) is 9.75. The number of hydrogen-bond donors (Lipinski definition) is 2. The Morgan fingerprint density at radius 1 is 1.19 bits per heavy atom. The molecule has 0 saturated carbocycles. The van der Waals surface area contributed by atoms with Gasteiger partial charge >= 0.3 is 5.69 Å². The summed E-state index contributed by atoms with van der Waals surface area (Å²) < 4.78 is 1.45. The summed E-state index contributed by atoms with van der Waals surface area (Å²) in [7, 11) is 0. The molecule has 2 aromatic rings. The highest BCUT2D eigenvalue weighted by molar-refractivity contribution is 5.78. The summed E-state index contributed by atoms with van der Waals surface area (Å²) in [6.07, 6.45) is 3.65. The molecule has 1 saturated heterocycles. The van der Waals surface area contributed by atoms with E-state index in [0.29, 0.717) is 17.4 Å². The van der Waals surface area contributed by atoms with Gasteiger partial charge in [-0.15, -0.1) is 0 Å². The molecule has 0 radical (unpaired) electrons. The number of aryl methyl sites for hydroxylation is 1. The molecule has 0 unspecified atom stereocenters. The SMILES string of the molecule is CC1CCN(CCCNC(=O)CCn2c(=O)[nH]c(=O)c3ccccc32)CC1. The van der Waals surface area contributed by atoms with Crippen molar-refractivity contribution in [3.63, 3.8) is 0 Å². The smallest absolute Gasteiger partial charge is 0.328 e. The minimum Gasteiger partial charge on any atom is -0.356 e. The van der Waals surface area contributed by atoms with E-state index in [4.69, 9.17) is 0 Å². The van der Waals surface area contributed by atoms with Gasteiger partial charge < -0.3 is 10.2 Å². The number of piperidine rings is 1. The van der Waals surface area contributed by atoms with E-state index in [1.807, 2.05) is 0 Å². The Balaban J connectivity index is 1.46. The van der Waals surface area contributed by atoms with Gasteiger partial charge in [-0.3, -0.25) is 19.1 Å². The van der Waals surface area contributed by atoms with E-state index in [-0.39, 0.29) is 18.9 Å². The Hall–Kier alpha value is -2.41. The fraction of sp³-hybridized carbons (Fsp3) is 0.550. The summed E-state index contributed by atoms with van der Waals surface area (Å²) in [5, 5.41) is 3.38. The summed E-state index contributed by atoms with van der Waals surface area (Å²) in [5.41, 5.74) is -0.326. The van der Waals surface area contributed by atoms with Crippen LogP contribution >= 0.6 is 0 Å². The Labute approximate surface area is 158 Å². The van der Waals surface area contributed by atoms with Crippen LogP contribution in [0, 0.1) is 5.92 Å². The lowest BCUT2D eigenvalue weighted by atomic mass is 9.99. The molecule has 1 amide bonds. The standard InChI is InChI=1S/C20H28N4O3/c1-15-7-12-23(13-8-15)11-4-10-21-18(25)9-14-24-17-6-3-2-5-16(17)19(26)22-20(24)27/h2-3,5-6,15H,4,7-14H2,1H3,(H,21,25)(H,22,26,27). The molecule has 0 bridgehead atoms. The number of amides is 1. The van der Waals surface area contributed by atoms with Gasteiger partial charge in [0.1, 0.15) is 0 Å². The molecular weight excluding hydrogens is 344 g/mol. The molecule has 1 aromatic carbocycles. The van der Waals surface area contributed by atoms with Gasteiger partial charge in [0.2, 0.25) is 5.91 Å². The maximum absolute atomic E-state index is 12.1. The quantitative estimate of drug-likeness (QED) is 0.718. The van der Waals surface area contributed by atoms with E-state index in [0.717, 1.165) is 32.0 Å². The van der Waals surface area contributed by atoms with Crippen molar-refractivity contribution < 1.29 is 4.79 Å². The number of fused-ring (bicyclic) bond motifs is 1. The molecule has 3 rings (SSSR count). The van der Waals surface area contributed by atoms with Crippen LogP contribution < -0.4 is 16.6 Å². The Bertz CT molecular complexity index is 894. The zero-order chi connectivity index (χ0) is 19.2. The topological polar surface area (TPSA) is 87.2 Å². The van der Waals surface area contributed by atoms with Crippen LogP contribution in [0.25, 0.3) is 10.9 Å². The van der Waals surface area contributed by atoms with E-state index in [9.17, 15) is 14.4 Å². The number of hydrogen-bond acceptors (Lipinski definition) is 4. The van der Waals surface area contributed by atoms with Crippen molar-refractivity contribution in [3.05, 3.63) is 45.1 Å². The van der Waals surface area contributed by atoms with E-state index < -0.39 is 11.2 Å². The molecular formula is C20H28N4O3. The van der Waals surface area contributed by atoms with Crippen molar-refractivity contribution in [1.29, 1.82) is 0 Å². The minimum atomic E-state index is -0.481. The fourth-order valence-corrected chi connectivity index (χ4v) is 3.58. The van der Waals surface area contributed by atoms with Gasteiger partial charge in [-0.25, -0.2) is 4.79 Å². The summed E-state index contributed by atoms with van der Waals surface area (Å²) in [5.74, 6) is 0.748. The van der Waals surface area contributed by atoms with E-state index in [1.165, 1.54) is 17.4 Å². The van der Waals surface area contributed by atoms with Crippen molar-refractivity contribution in [2.75, 3.05) is 26.2 Å². The van der Waals surface area contributed by atoms with Crippen LogP contribution in [0.1, 0.15) is 32.6 Å². The third kappa shape index (κ3) is 5.07. The summed E-state index contributed by atoms with van der Waals surface area (Å²) in [6.45, 7) is 6.50. The predicted octanol–water partition coefficient (Wildman–Crippen LogP) is 1.32. The molecule has 146 valence electrons. The number of likely N-dealkylation sites (tertiary alicyclic amines) is 1. The molecule has 7 heteroatoms. The first kappa shape index (κ1) is 19.4. The number of para-hydroxylation sites is 1. The molecule has 0 aliphatic carbocycles. The van der Waals surface area contributed by atoms with Crippen LogP contribution in [0.5, 0.6) is 0 Å². The molecule has 2 N–H and O–H groups in total. The average Bonchev–Trinajstić information content (AvgIpc) is 2.66. The molecule has 1 aliphatic rings. The van der Waals surface area contributed by atoms with Gasteiger partial charge in [0.05, 0.1) is 10.9 Å². The van der Waals surface area contributed by atoms with Gasteiger partial charge in [-0.1, -0.05) is 19.1 Å². The normalized spacial score (nSPS) is 15.9. The van der Waals surface area contributed by atoms with E-state index in [2.05, 4.69) is 22.1 Å². The lowest BCUT2D eigenvalue weighted by Gasteiger charge is -2.30. The van der Waals surface area contributed by atoms with Crippen LogP contribution in [0.3, 0.4) is 0 Å². The number of carbonyl (C=O) groups excluding carboxylic acids is 1. The number of H-pyrrole nitrogens is 1. The number of benzene rings is 1. The van der Waals surface area contributed by atoms with Crippen LogP contribution in [0.2, 0.25) is 0 Å². The summed E-state index contributed by atoms with van der Waals surface area (Å²) >= 11 is 0. The van der Waals surface area contributed by atoms with Gasteiger partial charge in [-0.05, 0) is 56.9 Å². The molecule has 7 nitrogen and oxygen atoms in total. The largest absolute Gasteiger partial charge is 0.356 e. The number of nitrogens with zero attached hydrogens (tertiary/aromatic N) is 2. The molecule has 1 fully saturated rings. The first-order chi connectivity index (χ1) is 13.0. The molecule has 2 heterocycles. The molecule has 0 atom stereocenters. The highest BCUT2D eigenvalue weighted by atomic mass is 16.2. The minimum absolute atomic E-state index is 0.0792. The third-order valence-corrected chi connectivity index (χ3v) is 5.32. The van der Waals surface area contributed by atoms with Crippen molar-refractivity contribution in [2.24, 2.45) is 5.92 Å². The third-order valence-electron chi connectivity index (χ3n) is 5.32. The van der Waals surface area contributed by atoms with Gasteiger partial charge in [0.25, 0.3) is 5.56 Å². The predicted molar refractivity (Wildman–Crippen MR) is 106 cm³/mol. The molecule has 1 aliphatic heterocycles. The van der Waals surface area contributed by atoms with Crippen LogP contribution in [0.15, 0.2) is 33.9 Å². The zero-order valence-electron chi connectivity index (χ0n) is 15.9. The van der Waals surface area contributed by atoms with E-state index in [1.54, 1.807) is 24.3 Å². The lowest BCUT2D eigenvalue weighted by Crippen LogP contribution is -2.36. The lowest BCUT2D eigenvalue weighted by molar-refractivity contribution is -0.121. The maximum Gasteiger partial charge on any atom is 0.328 e. The Kier molecular flexibility index (Phi) is 6.45. The van der Waals surface area contributed by atoms with Gasteiger partial charge in [-0.2, -0.15) is 0 Å². The van der Waals surface area contributed by atoms with Crippen molar-refractivity contribution >= 4 is 16.8 Å². The van der Waals surface area contributed by atoms with E-state index >= 15 is 0 Å². The number of rotatable bonds is 7. The van der Waals surface area contributed by atoms with Crippen LogP contribution in [-0.2, 0) is 11.3 Å². The monoisotopic (exact) mass is 372 g/mol. The summed E-state index contributed by atoms with van der Waals surface area (Å²) in [6, 6.07) is 6.93. The van der Waals surface area contributed by atoms with Crippen LogP contribution in [-0.4, -0.2) is 46.5 Å². The average molecular weight is 372 g/mol. The second kappa shape index (κ2) is 8.99. The van der Waals surface area contributed by atoms with Crippen molar-refractivity contribution in [3.8, 4) is 0 Å². The fourth-order valence-electron chi connectivity index (χ4n) is 3.58. The highest BCUT2D eigenvalue weighted by Crippen LogP contribution is 2.15. The molecule has 27 heavy (non-hydrogen) atoms. The number of nitrogens with one attached hydrogen (secondary N) is 2. The van der Waals surface area contributed by atoms with Gasteiger partial charge in [0, 0.05) is 19.5 Å². The highest BCUT2D eigenvalue weighted by Gasteiger charge is 2.15. The molecule has 1 aromatic heterocycles. The van der Waals surface area contributed by atoms with Crippen molar-refractivity contribution in [2.45, 2.75) is 39.2 Å². The van der Waals surface area contributed by atoms with Gasteiger partial charge in [0.15, 0.2) is 0 Å². The second-order valence-corrected chi connectivity index (χ2v) is 7.41. The zero-order valence-corrected chi connectivity index (χ0v) is 15.9. The Morgan fingerprint density at radius 2 is 1.93 bits per heavy atom. The number of carbonyl (C=O) groups is 1. The molecule has 0 spiro atoms. The number of aromatic amines is 1. The Morgan fingerprint density at radius 3 is 2.70 bits per heavy atom. The summed E-state index contributed by atoms with van der Waals surface area (Å²) in [4.78, 5) is 40.8. The second-order valence-electron chi connectivity index (χ2n) is 7.41. The maximum atomic E-state index is 12.1. The van der Waals surface area contributed by atoms with Crippen LogP contribution in [0.4, 0.5) is 0 Å². The number of aromatic nitrogens is 2.